The molecule has 1 aliphatic rings. The minimum absolute atomic E-state index is 0.262. The average molecular weight is 301 g/mol. The SMILES string of the molecule is CC(C)N(CC(F)(F)F)C(=O)c1cccc2c1NCCN2. The fourth-order valence-corrected chi connectivity index (χ4v) is 2.29. The van der Waals surface area contributed by atoms with Crippen molar-refractivity contribution >= 4 is 17.3 Å². The van der Waals surface area contributed by atoms with E-state index in [9.17, 15) is 18.0 Å². The molecule has 1 aromatic rings. The highest BCUT2D eigenvalue weighted by atomic mass is 19.4. The summed E-state index contributed by atoms with van der Waals surface area (Å²) < 4.78 is 38.0. The largest absolute Gasteiger partial charge is 0.406 e. The quantitative estimate of drug-likeness (QED) is 0.902. The van der Waals surface area contributed by atoms with Gasteiger partial charge in [0.15, 0.2) is 0 Å². The van der Waals surface area contributed by atoms with Crippen LogP contribution in [0, 0.1) is 0 Å². The summed E-state index contributed by atoms with van der Waals surface area (Å²) in [5.41, 5.74) is 1.57. The van der Waals surface area contributed by atoms with E-state index in [4.69, 9.17) is 0 Å². The van der Waals surface area contributed by atoms with Crippen LogP contribution in [0.4, 0.5) is 24.5 Å². The molecule has 2 N–H and O–H groups in total. The number of anilines is 2. The first-order valence-electron chi connectivity index (χ1n) is 6.78. The molecule has 0 aromatic heterocycles. The van der Waals surface area contributed by atoms with Crippen LogP contribution in [0.5, 0.6) is 0 Å². The molecule has 0 radical (unpaired) electrons. The van der Waals surface area contributed by atoms with Crippen LogP contribution in [0.3, 0.4) is 0 Å². The lowest BCUT2D eigenvalue weighted by atomic mass is 10.1. The van der Waals surface area contributed by atoms with E-state index in [0.717, 1.165) is 10.6 Å². The van der Waals surface area contributed by atoms with Gasteiger partial charge in [-0.2, -0.15) is 13.2 Å². The Balaban J connectivity index is 2.33. The predicted molar refractivity (Wildman–Crippen MR) is 75.6 cm³/mol. The van der Waals surface area contributed by atoms with Crippen LogP contribution in [0.1, 0.15) is 24.2 Å². The average Bonchev–Trinajstić information content (AvgIpc) is 2.42. The smallest absolute Gasteiger partial charge is 0.382 e. The number of hydrogen-bond acceptors (Lipinski definition) is 3. The minimum Gasteiger partial charge on any atom is -0.382 e. The number of nitrogens with zero attached hydrogens (tertiary/aromatic N) is 1. The van der Waals surface area contributed by atoms with Gasteiger partial charge < -0.3 is 15.5 Å². The van der Waals surface area contributed by atoms with E-state index in [1.54, 1.807) is 32.0 Å². The maximum absolute atomic E-state index is 12.7. The zero-order chi connectivity index (χ0) is 15.6. The summed E-state index contributed by atoms with van der Waals surface area (Å²) in [5.74, 6) is -0.615. The lowest BCUT2D eigenvalue weighted by molar-refractivity contribution is -0.143. The topological polar surface area (TPSA) is 44.4 Å². The van der Waals surface area contributed by atoms with Crippen LogP contribution in [0.25, 0.3) is 0 Å². The molecule has 7 heteroatoms. The molecular weight excluding hydrogens is 283 g/mol. The molecule has 0 aliphatic carbocycles. The van der Waals surface area contributed by atoms with E-state index in [1.807, 2.05) is 0 Å². The third-order valence-electron chi connectivity index (χ3n) is 3.27. The van der Waals surface area contributed by atoms with Gasteiger partial charge in [0, 0.05) is 19.1 Å². The van der Waals surface area contributed by atoms with Crippen LogP contribution in [-0.2, 0) is 0 Å². The molecule has 0 spiro atoms. The highest BCUT2D eigenvalue weighted by Gasteiger charge is 2.35. The summed E-state index contributed by atoms with van der Waals surface area (Å²) in [6, 6.07) is 4.47. The van der Waals surface area contributed by atoms with Crippen molar-refractivity contribution in [3.8, 4) is 0 Å². The zero-order valence-electron chi connectivity index (χ0n) is 11.9. The first-order valence-corrected chi connectivity index (χ1v) is 6.78. The van der Waals surface area contributed by atoms with Gasteiger partial charge >= 0.3 is 6.18 Å². The number of halogens is 3. The monoisotopic (exact) mass is 301 g/mol. The van der Waals surface area contributed by atoms with Crippen LogP contribution in [0.2, 0.25) is 0 Å². The van der Waals surface area contributed by atoms with Crippen molar-refractivity contribution in [3.05, 3.63) is 23.8 Å². The Morgan fingerprint density at radius 3 is 2.57 bits per heavy atom. The third-order valence-corrected chi connectivity index (χ3v) is 3.27. The standard InChI is InChI=1S/C14H18F3N3O/c1-9(2)20(8-14(15,16)17)13(21)10-4-3-5-11-12(10)19-7-6-18-11/h3-5,9,18-19H,6-8H2,1-2H3. The van der Waals surface area contributed by atoms with Gasteiger partial charge in [0.2, 0.25) is 0 Å². The predicted octanol–water partition coefficient (Wildman–Crippen LogP) is 2.94. The fourth-order valence-electron chi connectivity index (χ4n) is 2.29. The number of alkyl halides is 3. The summed E-state index contributed by atoms with van der Waals surface area (Å²) >= 11 is 0. The highest BCUT2D eigenvalue weighted by Crippen LogP contribution is 2.30. The Morgan fingerprint density at radius 1 is 1.29 bits per heavy atom. The Labute approximate surface area is 121 Å². The Kier molecular flexibility index (Phi) is 4.29. The van der Waals surface area contributed by atoms with Crippen molar-refractivity contribution in [2.24, 2.45) is 0 Å². The molecule has 4 nitrogen and oxygen atoms in total. The lowest BCUT2D eigenvalue weighted by Gasteiger charge is -2.30. The third kappa shape index (κ3) is 3.59. The number of carbonyl (C=O) groups is 1. The molecule has 0 saturated heterocycles. The summed E-state index contributed by atoms with van der Waals surface area (Å²) in [6.07, 6.45) is -4.42. The number of hydrogen-bond donors (Lipinski definition) is 2. The van der Waals surface area contributed by atoms with Crippen molar-refractivity contribution < 1.29 is 18.0 Å². The van der Waals surface area contributed by atoms with Crippen LogP contribution < -0.4 is 10.6 Å². The molecule has 1 aliphatic heterocycles. The van der Waals surface area contributed by atoms with Crippen molar-refractivity contribution in [3.63, 3.8) is 0 Å². The van der Waals surface area contributed by atoms with E-state index in [1.165, 1.54) is 0 Å². The summed E-state index contributed by atoms with van der Waals surface area (Å²) in [6.45, 7) is 3.23. The van der Waals surface area contributed by atoms with E-state index in [0.29, 0.717) is 18.8 Å². The van der Waals surface area contributed by atoms with Gasteiger partial charge in [-0.25, -0.2) is 0 Å². The molecule has 2 rings (SSSR count). The Hall–Kier alpha value is -1.92. The van der Waals surface area contributed by atoms with Crippen molar-refractivity contribution in [1.29, 1.82) is 0 Å². The van der Waals surface area contributed by atoms with Crippen molar-refractivity contribution in [2.45, 2.75) is 26.1 Å². The molecule has 21 heavy (non-hydrogen) atoms. The highest BCUT2D eigenvalue weighted by molar-refractivity contribution is 6.03. The van der Waals surface area contributed by atoms with Gasteiger partial charge in [-0.1, -0.05) is 6.07 Å². The molecular formula is C14H18F3N3O. The number of carbonyl (C=O) groups excluding carboxylic acids is 1. The number of benzene rings is 1. The van der Waals surface area contributed by atoms with Gasteiger partial charge in [0.05, 0.1) is 16.9 Å². The second-order valence-corrected chi connectivity index (χ2v) is 5.22. The molecule has 0 atom stereocenters. The number of amides is 1. The second-order valence-electron chi connectivity index (χ2n) is 5.22. The summed E-state index contributed by atoms with van der Waals surface area (Å²) in [4.78, 5) is 13.3. The minimum atomic E-state index is -4.42. The van der Waals surface area contributed by atoms with Gasteiger partial charge in [0.25, 0.3) is 5.91 Å². The Morgan fingerprint density at radius 2 is 1.95 bits per heavy atom. The normalized spacial score (nSPS) is 14.2. The second kappa shape index (κ2) is 5.83. The zero-order valence-corrected chi connectivity index (χ0v) is 11.9. The molecule has 1 amide bonds. The summed E-state index contributed by atoms with van der Waals surface area (Å²) in [5, 5.41) is 6.20. The number of fused-ring (bicyclic) bond motifs is 1. The van der Waals surface area contributed by atoms with Crippen LogP contribution >= 0.6 is 0 Å². The van der Waals surface area contributed by atoms with Gasteiger partial charge in [-0.05, 0) is 26.0 Å². The van der Waals surface area contributed by atoms with E-state index in [-0.39, 0.29) is 5.56 Å². The lowest BCUT2D eigenvalue weighted by Crippen LogP contribution is -2.43. The molecule has 0 fully saturated rings. The molecule has 116 valence electrons. The number of rotatable bonds is 3. The van der Waals surface area contributed by atoms with Gasteiger partial charge in [0.1, 0.15) is 6.54 Å². The van der Waals surface area contributed by atoms with E-state index >= 15 is 0 Å². The number of nitrogens with one attached hydrogen (secondary N) is 2. The maximum Gasteiger partial charge on any atom is 0.406 e. The number of para-hydroxylation sites is 1. The maximum atomic E-state index is 12.7. The molecule has 0 bridgehead atoms. The molecule has 0 saturated carbocycles. The first kappa shape index (κ1) is 15.5. The van der Waals surface area contributed by atoms with Gasteiger partial charge in [-0.3, -0.25) is 4.79 Å². The van der Waals surface area contributed by atoms with E-state index in [2.05, 4.69) is 10.6 Å². The van der Waals surface area contributed by atoms with Crippen LogP contribution in [-0.4, -0.2) is 42.7 Å². The molecule has 1 heterocycles. The van der Waals surface area contributed by atoms with Crippen LogP contribution in [0.15, 0.2) is 18.2 Å². The Bertz CT molecular complexity index is 529. The van der Waals surface area contributed by atoms with Crippen molar-refractivity contribution in [1.82, 2.24) is 4.90 Å². The fraction of sp³-hybridized carbons (Fsp3) is 0.500. The first-order chi connectivity index (χ1) is 9.79. The summed E-state index contributed by atoms with van der Waals surface area (Å²) in [7, 11) is 0. The van der Waals surface area contributed by atoms with Gasteiger partial charge in [-0.15, -0.1) is 0 Å². The molecule has 1 aromatic carbocycles. The molecule has 0 unspecified atom stereocenters. The van der Waals surface area contributed by atoms with Crippen molar-refractivity contribution in [2.75, 3.05) is 30.3 Å². The van der Waals surface area contributed by atoms with E-state index < -0.39 is 24.7 Å².